The third kappa shape index (κ3) is 3.53. The molecule has 0 bridgehead atoms. The van der Waals surface area contributed by atoms with E-state index in [1.54, 1.807) is 0 Å². The second-order valence-electron chi connectivity index (χ2n) is 10.5. The molecule has 0 aliphatic rings. The van der Waals surface area contributed by atoms with E-state index in [2.05, 4.69) is 112 Å². The lowest BCUT2D eigenvalue weighted by Gasteiger charge is -2.12. The maximum Gasteiger partial charge on any atom is 0.0992 e. The summed E-state index contributed by atoms with van der Waals surface area (Å²) in [6.07, 6.45) is 0. The van der Waals surface area contributed by atoms with E-state index in [1.807, 2.05) is 42.5 Å². The summed E-state index contributed by atoms with van der Waals surface area (Å²) in [6.45, 7) is 0. The van der Waals surface area contributed by atoms with Crippen molar-refractivity contribution in [3.05, 3.63) is 145 Å². The first-order valence-electron chi connectivity index (χ1n) is 13.8. The molecular weight excluding hydrogens is 512 g/mol. The summed E-state index contributed by atoms with van der Waals surface area (Å²) in [5, 5.41) is 23.6. The minimum absolute atomic E-state index is 0.635. The normalized spacial score (nSPS) is 11.3. The van der Waals surface area contributed by atoms with Crippen molar-refractivity contribution in [3.8, 4) is 34.6 Å². The number of para-hydroxylation sites is 2. The number of hydrogen-bond donors (Lipinski definition) is 0. The molecule has 0 N–H and O–H groups in total. The molecule has 0 saturated carbocycles. The van der Waals surface area contributed by atoms with Gasteiger partial charge in [0.05, 0.1) is 45.3 Å². The van der Waals surface area contributed by atoms with Crippen molar-refractivity contribution in [2.45, 2.75) is 0 Å². The van der Waals surface area contributed by atoms with E-state index in [0.29, 0.717) is 11.1 Å². The van der Waals surface area contributed by atoms with E-state index in [-0.39, 0.29) is 0 Å². The Kier molecular flexibility index (Phi) is 5.22. The van der Waals surface area contributed by atoms with Crippen LogP contribution >= 0.6 is 0 Å². The van der Waals surface area contributed by atoms with Gasteiger partial charge in [-0.3, -0.25) is 0 Å². The fourth-order valence-electron chi connectivity index (χ4n) is 6.29. The quantitative estimate of drug-likeness (QED) is 0.227. The zero-order valence-corrected chi connectivity index (χ0v) is 22.5. The van der Waals surface area contributed by atoms with E-state index in [4.69, 9.17) is 0 Å². The highest BCUT2D eigenvalue weighted by Gasteiger charge is 2.16. The Labute approximate surface area is 242 Å². The molecule has 0 aliphatic carbocycles. The highest BCUT2D eigenvalue weighted by atomic mass is 15.0. The zero-order valence-electron chi connectivity index (χ0n) is 22.5. The number of nitrogens with zero attached hydrogens (tertiary/aromatic N) is 4. The van der Waals surface area contributed by atoms with Crippen molar-refractivity contribution in [2.24, 2.45) is 0 Å². The molecule has 2 heterocycles. The summed E-state index contributed by atoms with van der Waals surface area (Å²) in [7, 11) is 0. The summed E-state index contributed by atoms with van der Waals surface area (Å²) in [6, 6.07) is 50.3. The minimum atomic E-state index is 0.635. The van der Waals surface area contributed by atoms with Gasteiger partial charge in [-0.25, -0.2) is 0 Å². The van der Waals surface area contributed by atoms with E-state index in [9.17, 15) is 10.5 Å². The van der Waals surface area contributed by atoms with Crippen LogP contribution in [0.3, 0.4) is 0 Å². The van der Waals surface area contributed by atoms with Crippen LogP contribution in [0.5, 0.6) is 0 Å². The number of hydrogen-bond acceptors (Lipinski definition) is 2. The van der Waals surface area contributed by atoms with Gasteiger partial charge in [0.2, 0.25) is 0 Å². The Balaban J connectivity index is 1.35. The predicted octanol–water partition coefficient (Wildman–Crippen LogP) is 9.29. The van der Waals surface area contributed by atoms with Crippen LogP contribution in [-0.2, 0) is 0 Å². The molecule has 0 saturated heterocycles. The number of rotatable bonds is 3. The highest BCUT2D eigenvalue weighted by molar-refractivity contribution is 6.11. The number of fused-ring (bicyclic) bond motifs is 6. The van der Waals surface area contributed by atoms with Crippen LogP contribution in [0.25, 0.3) is 66.1 Å². The average molecular weight is 535 g/mol. The molecule has 0 radical (unpaired) electrons. The van der Waals surface area contributed by atoms with Crippen molar-refractivity contribution < 1.29 is 0 Å². The molecule has 4 nitrogen and oxygen atoms in total. The summed E-state index contributed by atoms with van der Waals surface area (Å²) in [5.41, 5.74) is 9.91. The van der Waals surface area contributed by atoms with Crippen LogP contribution in [0, 0.1) is 22.7 Å². The second-order valence-corrected chi connectivity index (χ2v) is 10.5. The first-order valence-corrected chi connectivity index (χ1v) is 13.8. The van der Waals surface area contributed by atoms with Crippen LogP contribution in [0.1, 0.15) is 11.1 Å². The first-order chi connectivity index (χ1) is 20.7. The van der Waals surface area contributed by atoms with Crippen molar-refractivity contribution >= 4 is 43.6 Å². The summed E-state index contributed by atoms with van der Waals surface area (Å²) in [5.74, 6) is 0. The van der Waals surface area contributed by atoms with Crippen LogP contribution in [0.2, 0.25) is 0 Å². The van der Waals surface area contributed by atoms with E-state index < -0.39 is 0 Å². The number of benzene rings is 6. The maximum atomic E-state index is 9.57. The lowest BCUT2D eigenvalue weighted by Crippen LogP contribution is -1.95. The molecule has 42 heavy (non-hydrogen) atoms. The predicted molar refractivity (Wildman–Crippen MR) is 170 cm³/mol. The molecule has 0 spiro atoms. The van der Waals surface area contributed by atoms with Gasteiger partial charge in [-0.05, 0) is 77.9 Å². The monoisotopic (exact) mass is 534 g/mol. The lowest BCUT2D eigenvalue weighted by molar-refractivity contribution is 1.17. The SMILES string of the molecule is N#Cc1cccc(-n2c3ccccc3c3ccc(-c4cccc(-n5c6ccccc6c6cc(C#N)ccc65)c4)cc32)c1. The Hall–Kier alpha value is -6.10. The first kappa shape index (κ1) is 23.8. The molecule has 0 atom stereocenters. The fraction of sp³-hybridized carbons (Fsp3) is 0. The Bertz CT molecular complexity index is 2440. The molecule has 4 heteroatoms. The molecule has 8 aromatic rings. The molecule has 0 aliphatic heterocycles. The second kappa shape index (κ2) is 9.24. The number of aromatic nitrogens is 2. The summed E-state index contributed by atoms with van der Waals surface area (Å²) >= 11 is 0. The van der Waals surface area contributed by atoms with Gasteiger partial charge in [0.25, 0.3) is 0 Å². The van der Waals surface area contributed by atoms with Crippen LogP contribution < -0.4 is 0 Å². The largest absolute Gasteiger partial charge is 0.309 e. The molecule has 6 aromatic carbocycles. The third-order valence-corrected chi connectivity index (χ3v) is 8.15. The van der Waals surface area contributed by atoms with E-state index in [1.165, 1.54) is 10.8 Å². The fourth-order valence-corrected chi connectivity index (χ4v) is 6.29. The highest BCUT2D eigenvalue weighted by Crippen LogP contribution is 2.37. The molecule has 2 aromatic heterocycles. The van der Waals surface area contributed by atoms with E-state index in [0.717, 1.165) is 55.3 Å². The molecule has 0 unspecified atom stereocenters. The Morgan fingerprint density at radius 2 is 0.952 bits per heavy atom. The summed E-state index contributed by atoms with van der Waals surface area (Å²) < 4.78 is 4.52. The molecule has 0 amide bonds. The molecule has 194 valence electrons. The summed E-state index contributed by atoms with van der Waals surface area (Å²) in [4.78, 5) is 0. The van der Waals surface area contributed by atoms with Gasteiger partial charge in [-0.15, -0.1) is 0 Å². The zero-order chi connectivity index (χ0) is 28.2. The van der Waals surface area contributed by atoms with Gasteiger partial charge in [-0.1, -0.05) is 66.7 Å². The van der Waals surface area contributed by atoms with Crippen molar-refractivity contribution in [1.82, 2.24) is 9.13 Å². The standard InChI is InChI=1S/C38H22N4/c39-23-25-7-5-9-29(19-25)42-35-13-3-1-11-31(35)33-17-16-28(22-38(33)42)27-8-6-10-30(21-27)41-36-14-4-2-12-32(36)34-20-26(24-40)15-18-37(34)41/h1-22H. The number of nitriles is 2. The van der Waals surface area contributed by atoms with Gasteiger partial charge >= 0.3 is 0 Å². The topological polar surface area (TPSA) is 57.4 Å². The van der Waals surface area contributed by atoms with Gasteiger partial charge in [0.15, 0.2) is 0 Å². The van der Waals surface area contributed by atoms with Crippen molar-refractivity contribution in [2.75, 3.05) is 0 Å². The lowest BCUT2D eigenvalue weighted by atomic mass is 10.0. The van der Waals surface area contributed by atoms with E-state index >= 15 is 0 Å². The molecule has 0 fully saturated rings. The van der Waals surface area contributed by atoms with Gasteiger partial charge in [0.1, 0.15) is 0 Å². The molecular formula is C38H22N4. The van der Waals surface area contributed by atoms with Crippen LogP contribution in [0.4, 0.5) is 0 Å². The minimum Gasteiger partial charge on any atom is -0.309 e. The van der Waals surface area contributed by atoms with Crippen LogP contribution in [0.15, 0.2) is 133 Å². The van der Waals surface area contributed by atoms with Crippen molar-refractivity contribution in [1.29, 1.82) is 10.5 Å². The van der Waals surface area contributed by atoms with Gasteiger partial charge in [0, 0.05) is 32.9 Å². The molecule has 8 rings (SSSR count). The Morgan fingerprint density at radius 1 is 0.381 bits per heavy atom. The smallest absolute Gasteiger partial charge is 0.0992 e. The van der Waals surface area contributed by atoms with Gasteiger partial charge in [-0.2, -0.15) is 10.5 Å². The van der Waals surface area contributed by atoms with Crippen LogP contribution in [-0.4, -0.2) is 9.13 Å². The Morgan fingerprint density at radius 3 is 1.71 bits per heavy atom. The van der Waals surface area contributed by atoms with Crippen molar-refractivity contribution in [3.63, 3.8) is 0 Å². The third-order valence-electron chi connectivity index (χ3n) is 8.15. The average Bonchev–Trinajstić information content (AvgIpc) is 3.57. The maximum absolute atomic E-state index is 9.57. The van der Waals surface area contributed by atoms with Gasteiger partial charge < -0.3 is 9.13 Å².